The molecule has 0 unspecified atom stereocenters. The Balaban J connectivity index is 2.12. The highest BCUT2D eigenvalue weighted by Crippen LogP contribution is 2.20. The van der Waals surface area contributed by atoms with Crippen LogP contribution in [0.15, 0.2) is 30.3 Å². The molecule has 0 saturated carbocycles. The maximum Gasteiger partial charge on any atom is 0.307 e. The largest absolute Gasteiger partial charge is 0.481 e. The second-order valence-corrected chi connectivity index (χ2v) is 4.21. The second kappa shape index (κ2) is 5.48. The molecular formula is C14H14N2O3. The van der Waals surface area contributed by atoms with Crippen molar-refractivity contribution in [1.82, 2.24) is 9.97 Å². The van der Waals surface area contributed by atoms with Crippen LogP contribution in [0.1, 0.15) is 17.1 Å². The van der Waals surface area contributed by atoms with Gasteiger partial charge in [0, 0.05) is 11.8 Å². The van der Waals surface area contributed by atoms with Crippen LogP contribution in [0, 0.1) is 13.8 Å². The van der Waals surface area contributed by atoms with Gasteiger partial charge in [0.15, 0.2) is 0 Å². The molecule has 0 atom stereocenters. The Morgan fingerprint density at radius 2 is 1.89 bits per heavy atom. The number of aromatic nitrogens is 2. The van der Waals surface area contributed by atoms with Crippen molar-refractivity contribution in [1.29, 1.82) is 0 Å². The fraction of sp³-hybridized carbons (Fsp3) is 0.214. The van der Waals surface area contributed by atoms with E-state index in [1.165, 1.54) is 0 Å². The zero-order valence-electron chi connectivity index (χ0n) is 10.8. The average Bonchev–Trinajstić information content (AvgIpc) is 2.29. The molecule has 19 heavy (non-hydrogen) atoms. The van der Waals surface area contributed by atoms with E-state index >= 15 is 0 Å². The van der Waals surface area contributed by atoms with Crippen LogP contribution in [0.3, 0.4) is 0 Å². The number of aryl methyl sites for hydroxylation is 2. The molecule has 0 aliphatic rings. The third-order valence-electron chi connectivity index (χ3n) is 2.44. The number of aliphatic carboxylic acids is 1. The van der Waals surface area contributed by atoms with Crippen LogP contribution < -0.4 is 4.74 Å². The molecule has 0 amide bonds. The summed E-state index contributed by atoms with van der Waals surface area (Å²) in [6, 6.07) is 8.66. The van der Waals surface area contributed by atoms with Crippen LogP contribution in [-0.4, -0.2) is 21.0 Å². The number of carboxylic acid groups (broad SMARTS) is 1. The smallest absolute Gasteiger partial charge is 0.307 e. The zero-order chi connectivity index (χ0) is 13.8. The highest BCUT2D eigenvalue weighted by atomic mass is 16.5. The van der Waals surface area contributed by atoms with E-state index in [4.69, 9.17) is 9.84 Å². The Morgan fingerprint density at radius 1 is 1.21 bits per heavy atom. The highest BCUT2D eigenvalue weighted by Gasteiger charge is 2.03. The molecule has 0 aliphatic heterocycles. The van der Waals surface area contributed by atoms with Crippen LogP contribution in [0.25, 0.3) is 0 Å². The van der Waals surface area contributed by atoms with Crippen LogP contribution >= 0.6 is 0 Å². The van der Waals surface area contributed by atoms with E-state index in [0.717, 1.165) is 11.3 Å². The van der Waals surface area contributed by atoms with Gasteiger partial charge in [-0.25, -0.2) is 4.98 Å². The van der Waals surface area contributed by atoms with E-state index in [2.05, 4.69) is 9.97 Å². The lowest BCUT2D eigenvalue weighted by Gasteiger charge is -2.06. The van der Waals surface area contributed by atoms with Crippen molar-refractivity contribution in [2.24, 2.45) is 0 Å². The molecule has 0 spiro atoms. The number of hydrogen-bond donors (Lipinski definition) is 1. The lowest BCUT2D eigenvalue weighted by molar-refractivity contribution is -0.136. The van der Waals surface area contributed by atoms with E-state index in [1.54, 1.807) is 37.3 Å². The number of ether oxygens (including phenoxy) is 1. The standard InChI is InChI=1S/C14H14N2O3/c1-9-7-13(16-10(2)15-9)19-12-5-3-11(4-6-12)8-14(17)18/h3-7H,8H2,1-2H3,(H,17,18). The van der Waals surface area contributed by atoms with Gasteiger partial charge in [-0.15, -0.1) is 0 Å². The van der Waals surface area contributed by atoms with E-state index in [-0.39, 0.29) is 6.42 Å². The molecule has 5 nitrogen and oxygen atoms in total. The molecule has 1 N–H and O–H groups in total. The summed E-state index contributed by atoms with van der Waals surface area (Å²) in [4.78, 5) is 18.9. The predicted molar refractivity (Wildman–Crippen MR) is 69.4 cm³/mol. The van der Waals surface area contributed by atoms with Crippen molar-refractivity contribution in [2.75, 3.05) is 0 Å². The Morgan fingerprint density at radius 3 is 2.47 bits per heavy atom. The van der Waals surface area contributed by atoms with Crippen molar-refractivity contribution in [3.8, 4) is 11.6 Å². The van der Waals surface area contributed by atoms with Gasteiger partial charge in [0.2, 0.25) is 5.88 Å². The van der Waals surface area contributed by atoms with Gasteiger partial charge in [-0.05, 0) is 31.5 Å². The zero-order valence-corrected chi connectivity index (χ0v) is 10.8. The van der Waals surface area contributed by atoms with Gasteiger partial charge >= 0.3 is 5.97 Å². The summed E-state index contributed by atoms with van der Waals surface area (Å²) in [5.74, 6) is 0.899. The second-order valence-electron chi connectivity index (χ2n) is 4.21. The number of carboxylic acids is 1. The molecule has 2 rings (SSSR count). The fourth-order valence-corrected chi connectivity index (χ4v) is 1.71. The van der Waals surface area contributed by atoms with Crippen molar-refractivity contribution in [3.05, 3.63) is 47.4 Å². The summed E-state index contributed by atoms with van der Waals surface area (Å²) in [5.41, 5.74) is 1.57. The Kier molecular flexibility index (Phi) is 3.75. The first-order chi connectivity index (χ1) is 9.02. The van der Waals surface area contributed by atoms with E-state index in [1.807, 2.05) is 6.92 Å². The number of nitrogens with zero attached hydrogens (tertiary/aromatic N) is 2. The van der Waals surface area contributed by atoms with Gasteiger partial charge in [-0.1, -0.05) is 12.1 Å². The maximum atomic E-state index is 10.6. The SMILES string of the molecule is Cc1cc(Oc2ccc(CC(=O)O)cc2)nc(C)n1. The Labute approximate surface area is 110 Å². The first kappa shape index (κ1) is 13.0. The van der Waals surface area contributed by atoms with Crippen LogP contribution in [0.5, 0.6) is 11.6 Å². The minimum absolute atomic E-state index is 0.00596. The Bertz CT molecular complexity index is 574. The quantitative estimate of drug-likeness (QED) is 0.912. The molecule has 0 bridgehead atoms. The van der Waals surface area contributed by atoms with Crippen molar-refractivity contribution >= 4 is 5.97 Å². The highest BCUT2D eigenvalue weighted by molar-refractivity contribution is 5.70. The van der Waals surface area contributed by atoms with Gasteiger partial charge in [0.25, 0.3) is 0 Å². The first-order valence-electron chi connectivity index (χ1n) is 5.84. The molecule has 0 aliphatic carbocycles. The monoisotopic (exact) mass is 258 g/mol. The lowest BCUT2D eigenvalue weighted by atomic mass is 10.1. The molecule has 5 heteroatoms. The van der Waals surface area contributed by atoms with Gasteiger partial charge in [0.05, 0.1) is 6.42 Å². The number of rotatable bonds is 4. The minimum atomic E-state index is -0.851. The first-order valence-corrected chi connectivity index (χ1v) is 5.84. The molecule has 0 fully saturated rings. The molecule has 0 saturated heterocycles. The summed E-state index contributed by atoms with van der Waals surface area (Å²) in [6.45, 7) is 3.67. The third-order valence-corrected chi connectivity index (χ3v) is 2.44. The van der Waals surface area contributed by atoms with Crippen molar-refractivity contribution < 1.29 is 14.6 Å². The van der Waals surface area contributed by atoms with Crippen LogP contribution in [0.4, 0.5) is 0 Å². The topological polar surface area (TPSA) is 72.3 Å². The number of benzene rings is 1. The predicted octanol–water partition coefficient (Wildman–Crippen LogP) is 2.51. The molecule has 1 aromatic heterocycles. The molecule has 2 aromatic rings. The van der Waals surface area contributed by atoms with Crippen LogP contribution in [0.2, 0.25) is 0 Å². The molecule has 1 aromatic carbocycles. The van der Waals surface area contributed by atoms with Gasteiger partial charge in [-0.2, -0.15) is 4.98 Å². The van der Waals surface area contributed by atoms with Crippen molar-refractivity contribution in [2.45, 2.75) is 20.3 Å². The maximum absolute atomic E-state index is 10.6. The van der Waals surface area contributed by atoms with E-state index in [0.29, 0.717) is 17.5 Å². The molecule has 1 heterocycles. The summed E-state index contributed by atoms with van der Waals surface area (Å²) < 4.78 is 5.60. The summed E-state index contributed by atoms with van der Waals surface area (Å²) >= 11 is 0. The van der Waals surface area contributed by atoms with Crippen LogP contribution in [-0.2, 0) is 11.2 Å². The minimum Gasteiger partial charge on any atom is -0.481 e. The Hall–Kier alpha value is -2.43. The van der Waals surface area contributed by atoms with Crippen molar-refractivity contribution in [3.63, 3.8) is 0 Å². The van der Waals surface area contributed by atoms with Gasteiger partial charge in [0.1, 0.15) is 11.6 Å². The average molecular weight is 258 g/mol. The summed E-state index contributed by atoms with van der Waals surface area (Å²) in [7, 11) is 0. The third kappa shape index (κ3) is 3.77. The normalized spacial score (nSPS) is 10.2. The van der Waals surface area contributed by atoms with E-state index in [9.17, 15) is 4.79 Å². The molecular weight excluding hydrogens is 244 g/mol. The van der Waals surface area contributed by atoms with E-state index < -0.39 is 5.97 Å². The number of carbonyl (C=O) groups is 1. The van der Waals surface area contributed by atoms with Gasteiger partial charge in [-0.3, -0.25) is 4.79 Å². The summed E-state index contributed by atoms with van der Waals surface area (Å²) in [5, 5.41) is 8.68. The fourth-order valence-electron chi connectivity index (χ4n) is 1.71. The number of hydrogen-bond acceptors (Lipinski definition) is 4. The molecule has 0 radical (unpaired) electrons. The lowest BCUT2D eigenvalue weighted by Crippen LogP contribution is -1.99. The molecule has 98 valence electrons. The van der Waals surface area contributed by atoms with Gasteiger partial charge < -0.3 is 9.84 Å². The summed E-state index contributed by atoms with van der Waals surface area (Å²) in [6.07, 6.45) is 0.00596.